The molecule has 0 amide bonds. The molecule has 0 saturated carbocycles. The first-order valence-corrected chi connectivity index (χ1v) is 5.75. The molecule has 0 aromatic heterocycles. The average Bonchev–Trinajstić information content (AvgIpc) is 2.20. The Morgan fingerprint density at radius 2 is 2.36 bits per heavy atom. The molecule has 0 heterocycles. The predicted molar refractivity (Wildman–Crippen MR) is 60.3 cm³/mol. The van der Waals surface area contributed by atoms with E-state index in [9.17, 15) is 0 Å². The van der Waals surface area contributed by atoms with Crippen LogP contribution in [0.5, 0.6) is 0 Å². The van der Waals surface area contributed by atoms with E-state index in [1.807, 2.05) is 0 Å². The smallest absolute Gasteiger partial charge is 0.0462 e. The maximum atomic E-state index is 6.05. The quantitative estimate of drug-likeness (QED) is 0.525. The van der Waals surface area contributed by atoms with Crippen LogP contribution in [0.25, 0.3) is 0 Å². The Labute approximate surface area is 87.5 Å². The van der Waals surface area contributed by atoms with E-state index in [0.29, 0.717) is 6.04 Å². The van der Waals surface area contributed by atoms with Gasteiger partial charge in [-0.3, -0.25) is 0 Å². The van der Waals surface area contributed by atoms with Crippen LogP contribution in [0.2, 0.25) is 0 Å². The topological polar surface area (TPSA) is 35.2 Å². The highest BCUT2D eigenvalue weighted by Gasteiger charge is 2.08. The molecular formula is C12H23NO. The van der Waals surface area contributed by atoms with Gasteiger partial charge in [-0.1, -0.05) is 11.6 Å². The van der Waals surface area contributed by atoms with Crippen molar-refractivity contribution in [2.24, 2.45) is 5.73 Å². The summed E-state index contributed by atoms with van der Waals surface area (Å²) in [5.41, 5.74) is 7.63. The van der Waals surface area contributed by atoms with Crippen LogP contribution in [0.4, 0.5) is 0 Å². The summed E-state index contributed by atoms with van der Waals surface area (Å²) in [6, 6.07) is 0.342. The molecule has 14 heavy (non-hydrogen) atoms. The van der Waals surface area contributed by atoms with Crippen LogP contribution in [-0.2, 0) is 4.74 Å². The molecule has 0 radical (unpaired) electrons. The number of hydrogen-bond acceptors (Lipinski definition) is 2. The van der Waals surface area contributed by atoms with Crippen molar-refractivity contribution in [3.63, 3.8) is 0 Å². The van der Waals surface area contributed by atoms with Gasteiger partial charge < -0.3 is 10.5 Å². The maximum absolute atomic E-state index is 6.05. The van der Waals surface area contributed by atoms with Gasteiger partial charge in [-0.2, -0.15) is 0 Å². The van der Waals surface area contributed by atoms with E-state index in [4.69, 9.17) is 10.5 Å². The molecule has 0 aliphatic heterocycles. The summed E-state index contributed by atoms with van der Waals surface area (Å²) in [6.45, 7) is 0.840. The number of allylic oxidation sites excluding steroid dienone is 1. The van der Waals surface area contributed by atoms with Crippen molar-refractivity contribution in [2.75, 3.05) is 13.7 Å². The molecule has 2 heteroatoms. The van der Waals surface area contributed by atoms with Gasteiger partial charge in [0, 0.05) is 19.8 Å². The van der Waals surface area contributed by atoms with E-state index in [1.54, 1.807) is 12.7 Å². The zero-order valence-corrected chi connectivity index (χ0v) is 9.30. The van der Waals surface area contributed by atoms with E-state index >= 15 is 0 Å². The van der Waals surface area contributed by atoms with E-state index in [0.717, 1.165) is 25.9 Å². The van der Waals surface area contributed by atoms with Gasteiger partial charge in [-0.15, -0.1) is 0 Å². The highest BCUT2D eigenvalue weighted by molar-refractivity contribution is 5.06. The molecule has 1 aliphatic rings. The van der Waals surface area contributed by atoms with Crippen molar-refractivity contribution in [2.45, 2.75) is 51.0 Å². The Morgan fingerprint density at radius 3 is 3.00 bits per heavy atom. The fourth-order valence-electron chi connectivity index (χ4n) is 2.02. The lowest BCUT2D eigenvalue weighted by Gasteiger charge is -2.17. The molecule has 82 valence electrons. The summed E-state index contributed by atoms with van der Waals surface area (Å²) in [4.78, 5) is 0. The van der Waals surface area contributed by atoms with Crippen molar-refractivity contribution >= 4 is 0 Å². The van der Waals surface area contributed by atoms with Gasteiger partial charge in [0.2, 0.25) is 0 Å². The number of hydrogen-bond donors (Lipinski definition) is 1. The normalized spacial score (nSPS) is 19.1. The fourth-order valence-corrected chi connectivity index (χ4v) is 2.02. The Kier molecular flexibility index (Phi) is 5.88. The molecule has 0 saturated heterocycles. The fraction of sp³-hybridized carbons (Fsp3) is 0.833. The molecule has 1 aliphatic carbocycles. The predicted octanol–water partition coefficient (Wildman–Crippen LogP) is 2.63. The van der Waals surface area contributed by atoms with Crippen molar-refractivity contribution in [1.29, 1.82) is 0 Å². The molecule has 2 nitrogen and oxygen atoms in total. The number of methoxy groups -OCH3 is 1. The first-order chi connectivity index (χ1) is 6.83. The van der Waals surface area contributed by atoms with Crippen LogP contribution >= 0.6 is 0 Å². The molecule has 0 spiro atoms. The molecule has 0 fully saturated rings. The lowest BCUT2D eigenvalue weighted by Crippen LogP contribution is -2.21. The van der Waals surface area contributed by atoms with Crippen LogP contribution in [-0.4, -0.2) is 19.8 Å². The molecule has 1 rings (SSSR count). The van der Waals surface area contributed by atoms with Gasteiger partial charge in [-0.05, 0) is 44.9 Å². The third kappa shape index (κ3) is 4.77. The second-order valence-corrected chi connectivity index (χ2v) is 4.21. The summed E-state index contributed by atoms with van der Waals surface area (Å²) in [5, 5.41) is 0. The van der Waals surface area contributed by atoms with E-state index in [2.05, 4.69) is 6.08 Å². The number of ether oxygens (including phenoxy) is 1. The summed E-state index contributed by atoms with van der Waals surface area (Å²) in [7, 11) is 1.75. The molecular weight excluding hydrogens is 174 g/mol. The van der Waals surface area contributed by atoms with Gasteiger partial charge in [-0.25, -0.2) is 0 Å². The van der Waals surface area contributed by atoms with Crippen LogP contribution < -0.4 is 5.73 Å². The van der Waals surface area contributed by atoms with E-state index in [1.165, 1.54) is 25.7 Å². The minimum Gasteiger partial charge on any atom is -0.385 e. The summed E-state index contributed by atoms with van der Waals surface area (Å²) in [6.07, 6.45) is 10.9. The van der Waals surface area contributed by atoms with Crippen LogP contribution in [0.1, 0.15) is 44.9 Å². The second-order valence-electron chi connectivity index (χ2n) is 4.21. The first kappa shape index (κ1) is 11.7. The SMILES string of the molecule is COCCCC(N)CC1=CCCCC1. The van der Waals surface area contributed by atoms with Crippen LogP contribution in [0.15, 0.2) is 11.6 Å². The maximum Gasteiger partial charge on any atom is 0.0462 e. The zero-order valence-electron chi connectivity index (χ0n) is 9.30. The molecule has 0 aromatic carbocycles. The lowest BCUT2D eigenvalue weighted by atomic mass is 9.93. The molecule has 0 aromatic rings. The van der Waals surface area contributed by atoms with Crippen molar-refractivity contribution in [3.05, 3.63) is 11.6 Å². The van der Waals surface area contributed by atoms with Crippen LogP contribution in [0, 0.1) is 0 Å². The summed E-state index contributed by atoms with van der Waals surface area (Å²) < 4.78 is 5.01. The van der Waals surface area contributed by atoms with Crippen molar-refractivity contribution in [1.82, 2.24) is 0 Å². The Bertz CT molecular complexity index is 177. The largest absolute Gasteiger partial charge is 0.385 e. The first-order valence-electron chi connectivity index (χ1n) is 5.75. The molecule has 2 N–H and O–H groups in total. The lowest BCUT2D eigenvalue weighted by molar-refractivity contribution is 0.190. The highest BCUT2D eigenvalue weighted by atomic mass is 16.5. The van der Waals surface area contributed by atoms with Gasteiger partial charge in [0.05, 0.1) is 0 Å². The molecule has 1 unspecified atom stereocenters. The van der Waals surface area contributed by atoms with Gasteiger partial charge in [0.25, 0.3) is 0 Å². The van der Waals surface area contributed by atoms with Gasteiger partial charge in [0.15, 0.2) is 0 Å². The standard InChI is InChI=1S/C12H23NO/c1-14-9-5-8-12(13)10-11-6-3-2-4-7-11/h6,12H,2-5,7-10,13H2,1H3. The molecule has 1 atom stereocenters. The van der Waals surface area contributed by atoms with Crippen molar-refractivity contribution < 1.29 is 4.74 Å². The van der Waals surface area contributed by atoms with Crippen LogP contribution in [0.3, 0.4) is 0 Å². The van der Waals surface area contributed by atoms with E-state index in [-0.39, 0.29) is 0 Å². The van der Waals surface area contributed by atoms with E-state index < -0.39 is 0 Å². The second kappa shape index (κ2) is 7.02. The Morgan fingerprint density at radius 1 is 1.50 bits per heavy atom. The number of rotatable bonds is 6. The third-order valence-corrected chi connectivity index (χ3v) is 2.83. The molecule has 0 bridgehead atoms. The highest BCUT2D eigenvalue weighted by Crippen LogP contribution is 2.21. The Balaban J connectivity index is 2.12. The average molecular weight is 197 g/mol. The van der Waals surface area contributed by atoms with Gasteiger partial charge in [0.1, 0.15) is 0 Å². The van der Waals surface area contributed by atoms with Crippen molar-refractivity contribution in [3.8, 4) is 0 Å². The van der Waals surface area contributed by atoms with Gasteiger partial charge >= 0.3 is 0 Å². The minimum atomic E-state index is 0.342. The third-order valence-electron chi connectivity index (χ3n) is 2.83. The minimum absolute atomic E-state index is 0.342. The number of nitrogens with two attached hydrogens (primary N) is 1. The monoisotopic (exact) mass is 197 g/mol. The summed E-state index contributed by atoms with van der Waals surface area (Å²) in [5.74, 6) is 0. The summed E-state index contributed by atoms with van der Waals surface area (Å²) >= 11 is 0. The Hall–Kier alpha value is -0.340. The zero-order chi connectivity index (χ0) is 10.2.